The fraction of sp³-hybridized carbons (Fsp3) is 0.217. The molecule has 0 aliphatic carbocycles. The number of nitrogens with two attached hydrogens (primary N) is 1. The molecule has 0 amide bonds. The van der Waals surface area contributed by atoms with Gasteiger partial charge in [-0.2, -0.15) is 0 Å². The van der Waals surface area contributed by atoms with E-state index in [1.54, 1.807) is 24.5 Å². The number of aryl methyl sites for hydroxylation is 1. The van der Waals surface area contributed by atoms with Crippen molar-refractivity contribution in [2.24, 2.45) is 5.92 Å². The first-order valence-corrected chi connectivity index (χ1v) is 9.39. The van der Waals surface area contributed by atoms with E-state index in [1.165, 1.54) is 7.11 Å². The molecule has 2 aromatic carbocycles. The number of rotatable bonds is 8. The van der Waals surface area contributed by atoms with Crippen molar-refractivity contribution in [2.75, 3.05) is 12.8 Å². The quantitative estimate of drug-likeness (QED) is 0.466. The van der Waals surface area contributed by atoms with E-state index in [0.717, 1.165) is 16.7 Å². The van der Waals surface area contributed by atoms with Crippen molar-refractivity contribution in [1.29, 1.82) is 0 Å². The molecule has 0 saturated carbocycles. The van der Waals surface area contributed by atoms with E-state index in [9.17, 15) is 9.59 Å². The SMILES string of the molecule is COC(=O)C(CCc1ccccc1)CC(=O)c1ccc(-c2cnc(N)nc2)cc1. The van der Waals surface area contributed by atoms with Crippen LogP contribution in [-0.4, -0.2) is 28.8 Å². The number of hydrogen-bond donors (Lipinski definition) is 1. The zero-order chi connectivity index (χ0) is 20.6. The topological polar surface area (TPSA) is 95.2 Å². The highest BCUT2D eigenvalue weighted by molar-refractivity contribution is 5.98. The number of carbonyl (C=O) groups excluding carboxylic acids is 2. The lowest BCUT2D eigenvalue weighted by molar-refractivity contribution is -0.145. The zero-order valence-corrected chi connectivity index (χ0v) is 16.2. The first-order valence-electron chi connectivity index (χ1n) is 9.39. The first kappa shape index (κ1) is 20.2. The number of ketones is 1. The van der Waals surface area contributed by atoms with Crippen LogP contribution in [0.1, 0.15) is 28.8 Å². The highest BCUT2D eigenvalue weighted by Crippen LogP contribution is 2.22. The maximum absolute atomic E-state index is 12.7. The lowest BCUT2D eigenvalue weighted by atomic mass is 9.92. The van der Waals surface area contributed by atoms with E-state index in [4.69, 9.17) is 10.5 Å². The Labute approximate surface area is 169 Å². The number of benzene rings is 2. The van der Waals surface area contributed by atoms with Crippen LogP contribution < -0.4 is 5.73 Å². The molecule has 3 aromatic rings. The van der Waals surface area contributed by atoms with Crippen molar-refractivity contribution >= 4 is 17.7 Å². The lowest BCUT2D eigenvalue weighted by Gasteiger charge is -2.14. The van der Waals surface area contributed by atoms with Crippen LogP contribution in [0.15, 0.2) is 67.0 Å². The van der Waals surface area contributed by atoms with Crippen LogP contribution in [0.3, 0.4) is 0 Å². The minimum Gasteiger partial charge on any atom is -0.469 e. The fourth-order valence-electron chi connectivity index (χ4n) is 3.13. The molecule has 0 radical (unpaired) electrons. The van der Waals surface area contributed by atoms with Gasteiger partial charge in [0.25, 0.3) is 0 Å². The predicted molar refractivity (Wildman–Crippen MR) is 111 cm³/mol. The summed E-state index contributed by atoms with van der Waals surface area (Å²) in [5.41, 5.74) is 8.89. The third kappa shape index (κ3) is 5.48. The smallest absolute Gasteiger partial charge is 0.309 e. The molecule has 29 heavy (non-hydrogen) atoms. The summed E-state index contributed by atoms with van der Waals surface area (Å²) in [4.78, 5) is 32.8. The molecule has 0 fully saturated rings. The minimum absolute atomic E-state index is 0.0893. The number of esters is 1. The second-order valence-electron chi connectivity index (χ2n) is 6.78. The van der Waals surface area contributed by atoms with Gasteiger partial charge in [0, 0.05) is 29.9 Å². The van der Waals surface area contributed by atoms with Gasteiger partial charge < -0.3 is 10.5 Å². The van der Waals surface area contributed by atoms with Gasteiger partial charge in [-0.15, -0.1) is 0 Å². The largest absolute Gasteiger partial charge is 0.469 e. The number of anilines is 1. The molecule has 0 spiro atoms. The molecule has 6 nitrogen and oxygen atoms in total. The van der Waals surface area contributed by atoms with Crippen LogP contribution >= 0.6 is 0 Å². The fourth-order valence-corrected chi connectivity index (χ4v) is 3.13. The van der Waals surface area contributed by atoms with Crippen molar-refractivity contribution in [3.8, 4) is 11.1 Å². The molecule has 6 heteroatoms. The molecular formula is C23H23N3O3. The highest BCUT2D eigenvalue weighted by atomic mass is 16.5. The van der Waals surface area contributed by atoms with Crippen molar-refractivity contribution < 1.29 is 14.3 Å². The van der Waals surface area contributed by atoms with Gasteiger partial charge >= 0.3 is 5.97 Å². The number of nitrogen functional groups attached to an aromatic ring is 1. The number of ether oxygens (including phenoxy) is 1. The third-order valence-electron chi connectivity index (χ3n) is 4.80. The molecule has 148 valence electrons. The predicted octanol–water partition coefficient (Wildman–Crippen LogP) is 3.72. The van der Waals surface area contributed by atoms with Gasteiger partial charge in [0.2, 0.25) is 5.95 Å². The van der Waals surface area contributed by atoms with Crippen molar-refractivity contribution in [2.45, 2.75) is 19.3 Å². The second-order valence-corrected chi connectivity index (χ2v) is 6.78. The minimum atomic E-state index is -0.474. The first-order chi connectivity index (χ1) is 14.1. The maximum Gasteiger partial charge on any atom is 0.309 e. The molecule has 2 N–H and O–H groups in total. The molecule has 0 aliphatic rings. The maximum atomic E-state index is 12.7. The van der Waals surface area contributed by atoms with Gasteiger partial charge in [0.15, 0.2) is 5.78 Å². The van der Waals surface area contributed by atoms with Crippen LogP contribution in [0, 0.1) is 5.92 Å². The summed E-state index contributed by atoms with van der Waals surface area (Å²) >= 11 is 0. The highest BCUT2D eigenvalue weighted by Gasteiger charge is 2.23. The summed E-state index contributed by atoms with van der Waals surface area (Å²) in [6, 6.07) is 17.1. The summed E-state index contributed by atoms with van der Waals surface area (Å²) in [6.45, 7) is 0. The number of hydrogen-bond acceptors (Lipinski definition) is 6. The van der Waals surface area contributed by atoms with E-state index >= 15 is 0 Å². The van der Waals surface area contributed by atoms with Crippen LogP contribution in [0.25, 0.3) is 11.1 Å². The molecule has 1 atom stereocenters. The summed E-state index contributed by atoms with van der Waals surface area (Å²) in [5.74, 6) is -0.707. The summed E-state index contributed by atoms with van der Waals surface area (Å²) in [5, 5.41) is 0. The Hall–Kier alpha value is -3.54. The molecule has 1 aromatic heterocycles. The standard InChI is InChI=1S/C23H23N3O3/c1-29-22(28)19(8-7-16-5-3-2-4-6-16)13-21(27)18-11-9-17(10-12-18)20-14-25-23(24)26-15-20/h2-6,9-12,14-15,19H,7-8,13H2,1H3,(H2,24,25,26). The summed E-state index contributed by atoms with van der Waals surface area (Å²) in [6.07, 6.45) is 4.66. The molecule has 0 aliphatic heterocycles. The Morgan fingerprint density at radius 3 is 2.24 bits per heavy atom. The Balaban J connectivity index is 1.66. The van der Waals surface area contributed by atoms with Gasteiger partial charge in [-0.25, -0.2) is 9.97 Å². The Morgan fingerprint density at radius 2 is 1.62 bits per heavy atom. The number of carbonyl (C=O) groups is 2. The van der Waals surface area contributed by atoms with Gasteiger partial charge in [-0.05, 0) is 24.0 Å². The monoisotopic (exact) mass is 389 g/mol. The van der Waals surface area contributed by atoms with Gasteiger partial charge in [0.1, 0.15) is 0 Å². The van der Waals surface area contributed by atoms with E-state index < -0.39 is 5.92 Å². The van der Waals surface area contributed by atoms with Gasteiger partial charge in [0.05, 0.1) is 13.0 Å². The van der Waals surface area contributed by atoms with Gasteiger partial charge in [-0.3, -0.25) is 9.59 Å². The number of nitrogens with zero attached hydrogens (tertiary/aromatic N) is 2. The van der Waals surface area contributed by atoms with Gasteiger partial charge in [-0.1, -0.05) is 54.6 Å². The zero-order valence-electron chi connectivity index (χ0n) is 16.2. The third-order valence-corrected chi connectivity index (χ3v) is 4.80. The average molecular weight is 389 g/mol. The molecule has 0 bridgehead atoms. The summed E-state index contributed by atoms with van der Waals surface area (Å²) < 4.78 is 4.91. The Kier molecular flexibility index (Phi) is 6.68. The normalized spacial score (nSPS) is 11.6. The number of aromatic nitrogens is 2. The van der Waals surface area contributed by atoms with Crippen molar-refractivity contribution in [3.05, 3.63) is 78.1 Å². The van der Waals surface area contributed by atoms with E-state index in [2.05, 4.69) is 9.97 Å². The van der Waals surface area contributed by atoms with Crippen LogP contribution in [0.4, 0.5) is 5.95 Å². The van der Waals surface area contributed by atoms with E-state index in [-0.39, 0.29) is 24.1 Å². The Bertz CT molecular complexity index is 955. The van der Waals surface area contributed by atoms with Crippen LogP contribution in [0.2, 0.25) is 0 Å². The van der Waals surface area contributed by atoms with Crippen LogP contribution in [0.5, 0.6) is 0 Å². The average Bonchev–Trinajstić information content (AvgIpc) is 2.77. The second kappa shape index (κ2) is 9.59. The van der Waals surface area contributed by atoms with Crippen molar-refractivity contribution in [1.82, 2.24) is 9.97 Å². The van der Waals surface area contributed by atoms with Crippen molar-refractivity contribution in [3.63, 3.8) is 0 Å². The molecule has 3 rings (SSSR count). The molecule has 1 unspecified atom stereocenters. The molecule has 0 saturated heterocycles. The molecule has 1 heterocycles. The molecular weight excluding hydrogens is 366 g/mol. The van der Waals surface area contributed by atoms with E-state index in [0.29, 0.717) is 18.4 Å². The Morgan fingerprint density at radius 1 is 0.966 bits per heavy atom. The van der Waals surface area contributed by atoms with E-state index in [1.807, 2.05) is 42.5 Å². The number of methoxy groups -OCH3 is 1. The summed E-state index contributed by atoms with van der Waals surface area (Å²) in [7, 11) is 1.35. The number of Topliss-reactive ketones (excluding diaryl/α,β-unsaturated/α-hetero) is 1. The van der Waals surface area contributed by atoms with Crippen LogP contribution in [-0.2, 0) is 16.0 Å². The lowest BCUT2D eigenvalue weighted by Crippen LogP contribution is -2.20.